The molecule has 0 aromatic carbocycles. The number of alkyl carbamates (subject to hydrolysis) is 1. The van der Waals surface area contributed by atoms with E-state index in [1.807, 2.05) is 6.92 Å². The number of rotatable bonds is 13. The van der Waals surface area contributed by atoms with Gasteiger partial charge in [0.15, 0.2) is 0 Å². The van der Waals surface area contributed by atoms with Crippen LogP contribution in [0.4, 0.5) is 4.79 Å². The fraction of sp³-hybridized carbons (Fsp3) is 0.655. The summed E-state index contributed by atoms with van der Waals surface area (Å²) in [6.07, 6.45) is 1.69. The van der Waals surface area contributed by atoms with Gasteiger partial charge in [-0.3, -0.25) is 19.8 Å². The molecule has 242 valence electrons. The lowest BCUT2D eigenvalue weighted by molar-refractivity contribution is -0.163. The fourth-order valence-electron chi connectivity index (χ4n) is 6.10. The van der Waals surface area contributed by atoms with Crippen molar-refractivity contribution in [3.8, 4) is 0 Å². The summed E-state index contributed by atoms with van der Waals surface area (Å²) >= 11 is 1.41. The molecule has 4 amide bonds. The first-order valence-corrected chi connectivity index (χ1v) is 15.9. The molecular formula is C29H42N6O8S. The molecular weight excluding hydrogens is 592 g/mol. The molecule has 3 fully saturated rings. The van der Waals surface area contributed by atoms with Crippen molar-refractivity contribution >= 4 is 47.4 Å². The summed E-state index contributed by atoms with van der Waals surface area (Å²) in [6, 6.07) is -0.360. The average Bonchev–Trinajstić information content (AvgIpc) is 3.20. The molecule has 0 aromatic heterocycles. The monoisotopic (exact) mass is 634 g/mol. The number of aliphatic hydroxyl groups excluding tert-OH is 1. The van der Waals surface area contributed by atoms with Crippen molar-refractivity contribution in [1.82, 2.24) is 24.9 Å². The van der Waals surface area contributed by atoms with Crippen LogP contribution in [-0.4, -0.2) is 135 Å². The van der Waals surface area contributed by atoms with Crippen LogP contribution in [0.2, 0.25) is 0 Å². The Bertz CT molecular complexity index is 1210. The van der Waals surface area contributed by atoms with Crippen LogP contribution in [0, 0.1) is 17.2 Å². The third kappa shape index (κ3) is 7.20. The lowest BCUT2D eigenvalue weighted by atomic mass is 9.79. The number of carboxylic acid groups (broad SMARTS) is 1. The average molecular weight is 635 g/mol. The summed E-state index contributed by atoms with van der Waals surface area (Å²) in [7, 11) is 0. The molecule has 4 rings (SSSR count). The smallest absolute Gasteiger partial charge is 0.407 e. The zero-order chi connectivity index (χ0) is 32.1. The molecule has 0 aliphatic carbocycles. The van der Waals surface area contributed by atoms with Crippen molar-refractivity contribution in [2.45, 2.75) is 56.9 Å². The van der Waals surface area contributed by atoms with Crippen LogP contribution >= 0.6 is 11.8 Å². The fourth-order valence-corrected chi connectivity index (χ4v) is 7.62. The highest BCUT2D eigenvalue weighted by Crippen LogP contribution is 2.51. The molecule has 4 aliphatic heterocycles. The molecule has 0 saturated carbocycles. The Labute approximate surface area is 260 Å². The number of hydrogen-bond acceptors (Lipinski definition) is 9. The maximum atomic E-state index is 12.9. The number of carbonyl (C=O) groups is 5. The topological polar surface area (TPSA) is 184 Å². The van der Waals surface area contributed by atoms with Gasteiger partial charge in [-0.05, 0) is 19.8 Å². The molecule has 4 heterocycles. The number of thioether (sulfide) groups is 1. The van der Waals surface area contributed by atoms with Gasteiger partial charge in [0, 0.05) is 68.3 Å². The molecule has 14 nitrogen and oxygen atoms in total. The van der Waals surface area contributed by atoms with E-state index < -0.39 is 24.1 Å². The van der Waals surface area contributed by atoms with E-state index in [9.17, 15) is 34.2 Å². The summed E-state index contributed by atoms with van der Waals surface area (Å²) in [4.78, 5) is 68.5. The summed E-state index contributed by atoms with van der Waals surface area (Å²) in [5.41, 5.74) is -0.00534. The van der Waals surface area contributed by atoms with Gasteiger partial charge in [-0.1, -0.05) is 19.6 Å². The third-order valence-corrected chi connectivity index (χ3v) is 10.0. The molecule has 0 aromatic rings. The van der Waals surface area contributed by atoms with Crippen molar-refractivity contribution in [1.29, 1.82) is 5.41 Å². The summed E-state index contributed by atoms with van der Waals surface area (Å²) in [5.74, 6) is -2.29. The van der Waals surface area contributed by atoms with E-state index in [0.717, 1.165) is 0 Å². The Balaban J connectivity index is 1.14. The van der Waals surface area contributed by atoms with Gasteiger partial charge >= 0.3 is 12.1 Å². The van der Waals surface area contributed by atoms with Gasteiger partial charge in [0.1, 0.15) is 18.1 Å². The zero-order valence-corrected chi connectivity index (χ0v) is 26.0. The van der Waals surface area contributed by atoms with Crippen LogP contribution in [0.25, 0.3) is 0 Å². The predicted molar refractivity (Wildman–Crippen MR) is 161 cm³/mol. The van der Waals surface area contributed by atoms with Gasteiger partial charge in [0.05, 0.1) is 24.5 Å². The Hall–Kier alpha value is -3.59. The van der Waals surface area contributed by atoms with Crippen LogP contribution in [-0.2, 0) is 23.9 Å². The number of carboxylic acids is 1. The van der Waals surface area contributed by atoms with Gasteiger partial charge in [0.2, 0.25) is 17.7 Å². The predicted octanol–water partition coefficient (Wildman–Crippen LogP) is 0.678. The number of aliphatic carboxylic acids is 1. The number of unbranched alkanes of at least 4 members (excludes halogenated alkanes) is 1. The molecule has 4 N–H and O–H groups in total. The number of ether oxygens (including phenoxy) is 1. The highest BCUT2D eigenvalue weighted by molar-refractivity contribution is 8.03. The van der Waals surface area contributed by atoms with E-state index >= 15 is 0 Å². The second-order valence-electron chi connectivity index (χ2n) is 11.6. The van der Waals surface area contributed by atoms with E-state index in [2.05, 4.69) is 11.9 Å². The molecule has 0 spiro atoms. The number of piperazine rings is 1. The third-order valence-electron chi connectivity index (χ3n) is 8.56. The lowest BCUT2D eigenvalue weighted by Crippen LogP contribution is -2.63. The number of fused-ring (bicyclic) bond motifs is 1. The minimum absolute atomic E-state index is 0.00534. The summed E-state index contributed by atoms with van der Waals surface area (Å²) in [6.45, 7) is 10.1. The van der Waals surface area contributed by atoms with Crippen LogP contribution in [0.3, 0.4) is 0 Å². The number of amides is 4. The molecule has 44 heavy (non-hydrogen) atoms. The highest BCUT2D eigenvalue weighted by Gasteiger charge is 2.60. The lowest BCUT2D eigenvalue weighted by Gasteiger charge is -2.46. The molecule has 0 unspecified atom stereocenters. The second kappa shape index (κ2) is 14.5. The molecule has 4 aliphatic rings. The number of nitrogens with zero attached hydrogens (tertiary/aromatic N) is 4. The van der Waals surface area contributed by atoms with Crippen molar-refractivity contribution in [3.63, 3.8) is 0 Å². The van der Waals surface area contributed by atoms with E-state index in [-0.39, 0.29) is 59.5 Å². The molecule has 4 atom stereocenters. The molecule has 3 saturated heterocycles. The van der Waals surface area contributed by atoms with Crippen LogP contribution in [0.5, 0.6) is 0 Å². The number of aliphatic hydroxyl groups is 1. The summed E-state index contributed by atoms with van der Waals surface area (Å²) in [5, 5.41) is 30.9. The number of hydrogen-bond donors (Lipinski definition) is 4. The van der Waals surface area contributed by atoms with Gasteiger partial charge in [-0.15, -0.1) is 11.8 Å². The Morgan fingerprint density at radius 3 is 2.34 bits per heavy atom. The van der Waals surface area contributed by atoms with Gasteiger partial charge in [-0.2, -0.15) is 0 Å². The minimum Gasteiger partial charge on any atom is -0.477 e. The first-order chi connectivity index (χ1) is 20.9. The first-order valence-electron chi connectivity index (χ1n) is 15.0. The first kappa shape index (κ1) is 33.3. The number of nitrogens with one attached hydrogen (secondary N) is 2. The number of amidine groups is 1. The van der Waals surface area contributed by atoms with Crippen molar-refractivity contribution in [3.05, 3.63) is 23.3 Å². The van der Waals surface area contributed by atoms with E-state index in [4.69, 9.17) is 10.1 Å². The largest absolute Gasteiger partial charge is 0.477 e. The maximum Gasteiger partial charge on any atom is 0.407 e. The molecule has 15 heteroatoms. The molecule has 0 radical (unpaired) electrons. The normalized spacial score (nSPS) is 23.9. The number of likely N-dealkylation sites (tertiary alicyclic amines) is 1. The van der Waals surface area contributed by atoms with Crippen molar-refractivity contribution in [2.24, 2.45) is 11.8 Å². The van der Waals surface area contributed by atoms with Crippen molar-refractivity contribution < 1.29 is 38.9 Å². The van der Waals surface area contributed by atoms with Crippen LogP contribution in [0.15, 0.2) is 23.3 Å². The zero-order valence-electron chi connectivity index (χ0n) is 25.2. The van der Waals surface area contributed by atoms with Crippen LogP contribution in [0.1, 0.15) is 39.5 Å². The number of carbonyl (C=O) groups excluding carboxylic acids is 4. The van der Waals surface area contributed by atoms with Crippen molar-refractivity contribution in [2.75, 3.05) is 52.4 Å². The maximum absolute atomic E-state index is 12.9. The van der Waals surface area contributed by atoms with E-state index in [1.165, 1.54) is 22.7 Å². The molecule has 0 bridgehead atoms. The Morgan fingerprint density at radius 1 is 1.11 bits per heavy atom. The quantitative estimate of drug-likeness (QED) is 0.0739. The summed E-state index contributed by atoms with van der Waals surface area (Å²) < 4.78 is 4.82. The Morgan fingerprint density at radius 2 is 1.75 bits per heavy atom. The van der Waals surface area contributed by atoms with Crippen LogP contribution < -0.4 is 5.32 Å². The van der Waals surface area contributed by atoms with Gasteiger partial charge in [-0.25, -0.2) is 9.59 Å². The highest BCUT2D eigenvalue weighted by atomic mass is 32.2. The van der Waals surface area contributed by atoms with E-state index in [0.29, 0.717) is 70.0 Å². The Kier molecular flexibility index (Phi) is 10.9. The van der Waals surface area contributed by atoms with Gasteiger partial charge < -0.3 is 39.9 Å². The standard InChI is InChI=1S/C29H42N6O8S/c1-4-13-43-29(42)31-8-6-5-7-21(37)32-9-11-33(12-10-32)22(38)14-20(30)34-15-19(16-34)44-26-17(2)24-23(18(3)36)27(39)35(24)25(26)28(40)41/h4,17-19,23-24,30,36H,1,5-16H2,2-3H3,(H,31,42)(H,40,41)/t17-,18-,23-,24-/m1/s1. The van der Waals surface area contributed by atoms with Gasteiger partial charge in [0.25, 0.3) is 0 Å². The minimum atomic E-state index is -1.16. The second-order valence-corrected chi connectivity index (χ2v) is 12.9. The van der Waals surface area contributed by atoms with E-state index in [1.54, 1.807) is 21.6 Å². The number of β-lactam (4-membered cyclic amide) rings is 1. The SMILES string of the molecule is C=CCOC(=O)NCCCCC(=O)N1CCN(C(=O)CC(=N)N2CC(SC3=C(C(=O)O)N4C(=O)[C@H]([C@@H](C)O)[C@H]4[C@H]3C)C2)CC1.